The van der Waals surface area contributed by atoms with Gasteiger partial charge < -0.3 is 15.4 Å². The average molecular weight is 289 g/mol. The molecule has 0 unspecified atom stereocenters. The third-order valence-electron chi connectivity index (χ3n) is 2.58. The molecule has 0 aromatic rings. The van der Waals surface area contributed by atoms with Gasteiger partial charge in [-0.2, -0.15) is 11.8 Å². The van der Waals surface area contributed by atoms with Crippen molar-refractivity contribution in [1.82, 2.24) is 10.6 Å². The third-order valence-corrected chi connectivity index (χ3v) is 3.28. The molecule has 0 saturated carbocycles. The Morgan fingerprint density at radius 3 is 2.63 bits per heavy atom. The zero-order valence-corrected chi connectivity index (χ0v) is 13.7. The van der Waals surface area contributed by atoms with Crippen LogP contribution in [0, 0.1) is 0 Å². The highest BCUT2D eigenvalue weighted by atomic mass is 32.2. The molecule has 0 spiro atoms. The molecule has 19 heavy (non-hydrogen) atoms. The van der Waals surface area contributed by atoms with E-state index in [2.05, 4.69) is 28.8 Å². The Bertz CT molecular complexity index is 213. The molecule has 114 valence electrons. The molecule has 0 amide bonds. The zero-order valence-electron chi connectivity index (χ0n) is 12.8. The fraction of sp³-hybridized carbons (Fsp3) is 0.929. The Hall–Kier alpha value is -0.420. The number of rotatable bonds is 12. The molecule has 0 aromatic heterocycles. The molecular weight excluding hydrogens is 258 g/mol. The van der Waals surface area contributed by atoms with Crippen molar-refractivity contribution in [2.75, 3.05) is 44.9 Å². The van der Waals surface area contributed by atoms with E-state index < -0.39 is 0 Å². The summed E-state index contributed by atoms with van der Waals surface area (Å²) < 4.78 is 5.31. The first-order valence-corrected chi connectivity index (χ1v) is 8.83. The van der Waals surface area contributed by atoms with Crippen molar-refractivity contribution >= 4 is 17.7 Å². The van der Waals surface area contributed by atoms with E-state index in [9.17, 15) is 0 Å². The van der Waals surface area contributed by atoms with E-state index >= 15 is 0 Å². The van der Waals surface area contributed by atoms with Gasteiger partial charge in [-0.05, 0) is 51.5 Å². The lowest BCUT2D eigenvalue weighted by molar-refractivity contribution is 0.144. The number of nitrogens with zero attached hydrogens (tertiary/aromatic N) is 1. The SMILES string of the molecule is CCNC(=NCCCCOCC)NCCCCSC. The van der Waals surface area contributed by atoms with Crippen molar-refractivity contribution < 1.29 is 4.74 Å². The quantitative estimate of drug-likeness (QED) is 0.329. The molecule has 0 aliphatic carbocycles. The minimum absolute atomic E-state index is 0.809. The van der Waals surface area contributed by atoms with Gasteiger partial charge in [-0.3, -0.25) is 4.99 Å². The number of ether oxygens (including phenoxy) is 1. The smallest absolute Gasteiger partial charge is 0.191 e. The number of unbranched alkanes of at least 4 members (excludes halogenated alkanes) is 2. The van der Waals surface area contributed by atoms with E-state index in [4.69, 9.17) is 4.74 Å². The van der Waals surface area contributed by atoms with Crippen LogP contribution in [0.2, 0.25) is 0 Å². The van der Waals surface area contributed by atoms with Gasteiger partial charge in [0.2, 0.25) is 0 Å². The molecule has 0 aliphatic heterocycles. The van der Waals surface area contributed by atoms with Crippen LogP contribution in [0.15, 0.2) is 4.99 Å². The lowest BCUT2D eigenvalue weighted by atomic mass is 10.3. The summed E-state index contributed by atoms with van der Waals surface area (Å²) in [5.74, 6) is 2.19. The summed E-state index contributed by atoms with van der Waals surface area (Å²) in [6.07, 6.45) is 6.80. The number of nitrogens with one attached hydrogen (secondary N) is 2. The van der Waals surface area contributed by atoms with Crippen molar-refractivity contribution in [3.63, 3.8) is 0 Å². The fourth-order valence-corrected chi connectivity index (χ4v) is 2.06. The van der Waals surface area contributed by atoms with Gasteiger partial charge in [0.1, 0.15) is 0 Å². The van der Waals surface area contributed by atoms with E-state index in [1.165, 1.54) is 18.6 Å². The fourth-order valence-electron chi connectivity index (χ4n) is 1.57. The highest BCUT2D eigenvalue weighted by Crippen LogP contribution is 1.97. The van der Waals surface area contributed by atoms with Crippen LogP contribution in [0.4, 0.5) is 0 Å². The Balaban J connectivity index is 3.64. The molecule has 5 heteroatoms. The van der Waals surface area contributed by atoms with E-state index in [-0.39, 0.29) is 0 Å². The average Bonchev–Trinajstić information content (AvgIpc) is 2.42. The molecule has 2 N–H and O–H groups in total. The van der Waals surface area contributed by atoms with Gasteiger partial charge in [-0.15, -0.1) is 0 Å². The van der Waals surface area contributed by atoms with Gasteiger partial charge in [-0.25, -0.2) is 0 Å². The topological polar surface area (TPSA) is 45.7 Å². The van der Waals surface area contributed by atoms with Crippen molar-refractivity contribution in [3.8, 4) is 0 Å². The van der Waals surface area contributed by atoms with E-state index in [0.29, 0.717) is 0 Å². The molecule has 0 aliphatic rings. The van der Waals surface area contributed by atoms with Gasteiger partial charge in [0, 0.05) is 32.8 Å². The largest absolute Gasteiger partial charge is 0.382 e. The lowest BCUT2D eigenvalue weighted by Crippen LogP contribution is -2.37. The van der Waals surface area contributed by atoms with Crippen LogP contribution in [0.3, 0.4) is 0 Å². The van der Waals surface area contributed by atoms with Gasteiger partial charge >= 0.3 is 0 Å². The van der Waals surface area contributed by atoms with Gasteiger partial charge in [0.25, 0.3) is 0 Å². The van der Waals surface area contributed by atoms with E-state index in [1.54, 1.807) is 0 Å². The summed E-state index contributed by atoms with van der Waals surface area (Å²) in [5.41, 5.74) is 0. The lowest BCUT2D eigenvalue weighted by Gasteiger charge is -2.11. The Kier molecular flexibility index (Phi) is 15.3. The van der Waals surface area contributed by atoms with Crippen LogP contribution in [0.1, 0.15) is 39.5 Å². The first kappa shape index (κ1) is 18.6. The first-order valence-electron chi connectivity index (χ1n) is 7.44. The molecular formula is C14H31N3OS. The van der Waals surface area contributed by atoms with E-state index in [1.807, 2.05) is 18.7 Å². The normalized spacial score (nSPS) is 11.6. The summed E-state index contributed by atoms with van der Waals surface area (Å²) in [7, 11) is 0. The molecule has 0 saturated heterocycles. The maximum absolute atomic E-state index is 5.31. The van der Waals surface area contributed by atoms with Crippen molar-refractivity contribution in [1.29, 1.82) is 0 Å². The number of guanidine groups is 1. The molecule has 0 bridgehead atoms. The summed E-state index contributed by atoms with van der Waals surface area (Å²) in [6, 6.07) is 0. The second-order valence-corrected chi connectivity index (χ2v) is 5.28. The summed E-state index contributed by atoms with van der Waals surface area (Å²) in [4.78, 5) is 4.56. The molecule has 0 heterocycles. The van der Waals surface area contributed by atoms with Crippen LogP contribution in [-0.2, 0) is 4.74 Å². The van der Waals surface area contributed by atoms with Crippen LogP contribution in [0.25, 0.3) is 0 Å². The Labute approximate surface area is 123 Å². The monoisotopic (exact) mass is 289 g/mol. The first-order chi connectivity index (χ1) is 9.35. The molecule has 0 aromatic carbocycles. The maximum atomic E-state index is 5.31. The van der Waals surface area contributed by atoms with Crippen LogP contribution in [0.5, 0.6) is 0 Å². The standard InChI is InChI=1S/C14H31N3OS/c1-4-15-14(17-11-7-9-13-19-3)16-10-6-8-12-18-5-2/h4-13H2,1-3H3,(H2,15,16,17). The molecule has 0 fully saturated rings. The maximum Gasteiger partial charge on any atom is 0.191 e. The second kappa shape index (κ2) is 15.6. The molecule has 0 atom stereocenters. The number of thioether (sulfide) groups is 1. The second-order valence-electron chi connectivity index (χ2n) is 4.29. The zero-order chi connectivity index (χ0) is 14.2. The minimum atomic E-state index is 0.809. The number of hydrogen-bond acceptors (Lipinski definition) is 3. The van der Waals surface area contributed by atoms with Gasteiger partial charge in [0.15, 0.2) is 5.96 Å². The minimum Gasteiger partial charge on any atom is -0.382 e. The highest BCUT2D eigenvalue weighted by Gasteiger charge is 1.96. The van der Waals surface area contributed by atoms with Crippen molar-refractivity contribution in [3.05, 3.63) is 0 Å². The summed E-state index contributed by atoms with van der Waals surface area (Å²) in [5, 5.41) is 6.66. The van der Waals surface area contributed by atoms with Crippen molar-refractivity contribution in [2.24, 2.45) is 4.99 Å². The van der Waals surface area contributed by atoms with Crippen LogP contribution in [-0.4, -0.2) is 50.8 Å². The predicted octanol–water partition coefficient (Wildman–Crippen LogP) is 2.50. The van der Waals surface area contributed by atoms with E-state index in [0.717, 1.165) is 51.6 Å². The Morgan fingerprint density at radius 1 is 1.11 bits per heavy atom. The summed E-state index contributed by atoms with van der Waals surface area (Å²) >= 11 is 1.91. The number of hydrogen-bond donors (Lipinski definition) is 2. The third kappa shape index (κ3) is 13.8. The van der Waals surface area contributed by atoms with Crippen LogP contribution < -0.4 is 10.6 Å². The van der Waals surface area contributed by atoms with Gasteiger partial charge in [0.05, 0.1) is 0 Å². The van der Waals surface area contributed by atoms with Crippen molar-refractivity contribution in [2.45, 2.75) is 39.5 Å². The molecule has 0 radical (unpaired) electrons. The number of aliphatic imine (C=N–C) groups is 1. The van der Waals surface area contributed by atoms with Crippen LogP contribution >= 0.6 is 11.8 Å². The molecule has 0 rings (SSSR count). The summed E-state index contributed by atoms with van der Waals surface area (Å²) in [6.45, 7) is 8.57. The molecule has 4 nitrogen and oxygen atoms in total. The Morgan fingerprint density at radius 2 is 1.95 bits per heavy atom. The predicted molar refractivity (Wildman–Crippen MR) is 87.3 cm³/mol. The highest BCUT2D eigenvalue weighted by molar-refractivity contribution is 7.98. The van der Waals surface area contributed by atoms with Gasteiger partial charge in [-0.1, -0.05) is 0 Å².